The molecule has 0 spiro atoms. The molecule has 0 atom stereocenters. The maximum Gasteiger partial charge on any atom is 0.417 e. The highest BCUT2D eigenvalue weighted by molar-refractivity contribution is 5.63. The van der Waals surface area contributed by atoms with Gasteiger partial charge in [0, 0.05) is 25.1 Å². The van der Waals surface area contributed by atoms with Crippen LogP contribution in [-0.2, 0) is 17.3 Å². The fourth-order valence-corrected chi connectivity index (χ4v) is 2.90. The molecule has 1 aliphatic rings. The molecule has 1 aromatic heterocycles. The first-order chi connectivity index (χ1) is 11.5. The summed E-state index contributed by atoms with van der Waals surface area (Å²) in [4.78, 5) is 2.33. The molecule has 0 N–H and O–H groups in total. The van der Waals surface area contributed by atoms with Gasteiger partial charge in [0.2, 0.25) is 0 Å². The molecule has 3 rings (SSSR count). The second-order valence-electron chi connectivity index (χ2n) is 5.87. The van der Waals surface area contributed by atoms with E-state index < -0.39 is 11.7 Å². The second-order valence-corrected chi connectivity index (χ2v) is 5.87. The highest BCUT2D eigenvalue weighted by Gasteiger charge is 2.34. The van der Waals surface area contributed by atoms with Crippen molar-refractivity contribution in [1.82, 2.24) is 4.90 Å². The van der Waals surface area contributed by atoms with Crippen LogP contribution >= 0.6 is 0 Å². The Kier molecular flexibility index (Phi) is 5.26. The van der Waals surface area contributed by atoms with Crippen molar-refractivity contribution in [3.05, 3.63) is 47.7 Å². The van der Waals surface area contributed by atoms with E-state index >= 15 is 0 Å². The van der Waals surface area contributed by atoms with E-state index in [1.165, 1.54) is 12.1 Å². The Morgan fingerprint density at radius 1 is 1.00 bits per heavy atom. The maximum atomic E-state index is 13.1. The number of hydrogen-bond donors (Lipinski definition) is 0. The largest absolute Gasteiger partial charge is 0.461 e. The van der Waals surface area contributed by atoms with E-state index in [2.05, 4.69) is 4.90 Å². The van der Waals surface area contributed by atoms with Crippen LogP contribution in [0.1, 0.15) is 17.7 Å². The number of morpholine rings is 1. The molecule has 2 aromatic rings. The van der Waals surface area contributed by atoms with Crippen LogP contribution in [0.4, 0.5) is 13.2 Å². The average molecular weight is 339 g/mol. The molecule has 130 valence electrons. The molecular weight excluding hydrogens is 319 g/mol. The van der Waals surface area contributed by atoms with Gasteiger partial charge in [-0.05, 0) is 31.2 Å². The lowest BCUT2D eigenvalue weighted by molar-refractivity contribution is -0.137. The monoisotopic (exact) mass is 339 g/mol. The van der Waals surface area contributed by atoms with Crippen molar-refractivity contribution in [3.63, 3.8) is 0 Å². The number of aryl methyl sites for hydroxylation is 1. The summed E-state index contributed by atoms with van der Waals surface area (Å²) < 4.78 is 50.2. The Labute approximate surface area is 139 Å². The zero-order chi connectivity index (χ0) is 17.0. The highest BCUT2D eigenvalue weighted by Crippen LogP contribution is 2.37. The van der Waals surface area contributed by atoms with Crippen molar-refractivity contribution in [2.24, 2.45) is 0 Å². The third-order valence-electron chi connectivity index (χ3n) is 4.16. The SMILES string of the molecule is FC(F)(F)c1ccccc1-c1ccc(CCCN2CCOCC2)o1. The molecule has 0 saturated carbocycles. The van der Waals surface area contributed by atoms with Gasteiger partial charge in [-0.1, -0.05) is 18.2 Å². The summed E-state index contributed by atoms with van der Waals surface area (Å²) in [5.74, 6) is 0.986. The Morgan fingerprint density at radius 3 is 2.50 bits per heavy atom. The minimum atomic E-state index is -4.39. The Hall–Kier alpha value is -1.79. The van der Waals surface area contributed by atoms with Crippen LogP contribution in [0.5, 0.6) is 0 Å². The zero-order valence-electron chi connectivity index (χ0n) is 13.3. The first kappa shape index (κ1) is 17.0. The molecule has 0 radical (unpaired) electrons. The van der Waals surface area contributed by atoms with Crippen LogP contribution in [0.3, 0.4) is 0 Å². The lowest BCUT2D eigenvalue weighted by atomic mass is 10.1. The van der Waals surface area contributed by atoms with E-state index in [0.717, 1.165) is 51.1 Å². The Bertz CT molecular complexity index is 660. The number of nitrogens with zero attached hydrogens (tertiary/aromatic N) is 1. The van der Waals surface area contributed by atoms with Crippen LogP contribution in [0.15, 0.2) is 40.8 Å². The van der Waals surface area contributed by atoms with E-state index in [1.54, 1.807) is 18.2 Å². The van der Waals surface area contributed by atoms with Gasteiger partial charge in [0.25, 0.3) is 0 Å². The van der Waals surface area contributed by atoms with Crippen molar-refractivity contribution >= 4 is 0 Å². The topological polar surface area (TPSA) is 25.6 Å². The van der Waals surface area contributed by atoms with Gasteiger partial charge in [0.05, 0.1) is 18.8 Å². The van der Waals surface area contributed by atoms with Crippen LogP contribution in [0, 0.1) is 0 Å². The fraction of sp³-hybridized carbons (Fsp3) is 0.444. The minimum Gasteiger partial charge on any atom is -0.461 e. The summed E-state index contributed by atoms with van der Waals surface area (Å²) in [6.07, 6.45) is -2.76. The standard InChI is InChI=1S/C18H20F3NO2/c19-18(20,21)16-6-2-1-5-15(16)17-8-7-14(24-17)4-3-9-22-10-12-23-13-11-22/h1-2,5-8H,3-4,9-13H2. The minimum absolute atomic E-state index is 0.0874. The van der Waals surface area contributed by atoms with Gasteiger partial charge in [-0.2, -0.15) is 13.2 Å². The van der Waals surface area contributed by atoms with Gasteiger partial charge in [-0.3, -0.25) is 4.90 Å². The number of rotatable bonds is 5. The molecule has 3 nitrogen and oxygen atoms in total. The van der Waals surface area contributed by atoms with Crippen molar-refractivity contribution in [2.45, 2.75) is 19.0 Å². The first-order valence-corrected chi connectivity index (χ1v) is 8.09. The summed E-state index contributed by atoms with van der Waals surface area (Å²) >= 11 is 0. The average Bonchev–Trinajstić information content (AvgIpc) is 3.04. The van der Waals surface area contributed by atoms with E-state index in [4.69, 9.17) is 9.15 Å². The maximum absolute atomic E-state index is 13.1. The molecule has 6 heteroatoms. The first-order valence-electron chi connectivity index (χ1n) is 8.09. The Morgan fingerprint density at radius 2 is 1.75 bits per heavy atom. The summed E-state index contributed by atoms with van der Waals surface area (Å²) in [5, 5.41) is 0. The van der Waals surface area contributed by atoms with Gasteiger partial charge in [0.1, 0.15) is 11.5 Å². The van der Waals surface area contributed by atoms with Crippen LogP contribution in [0.25, 0.3) is 11.3 Å². The van der Waals surface area contributed by atoms with E-state index in [9.17, 15) is 13.2 Å². The second kappa shape index (κ2) is 7.40. The van der Waals surface area contributed by atoms with Crippen LogP contribution in [0.2, 0.25) is 0 Å². The van der Waals surface area contributed by atoms with E-state index in [-0.39, 0.29) is 11.3 Å². The predicted octanol–water partition coefficient (Wildman–Crippen LogP) is 4.23. The lowest BCUT2D eigenvalue weighted by Crippen LogP contribution is -2.36. The lowest BCUT2D eigenvalue weighted by Gasteiger charge is -2.26. The van der Waals surface area contributed by atoms with Gasteiger partial charge < -0.3 is 9.15 Å². The van der Waals surface area contributed by atoms with Crippen LogP contribution < -0.4 is 0 Å². The molecule has 2 heterocycles. The van der Waals surface area contributed by atoms with Crippen molar-refractivity contribution in [2.75, 3.05) is 32.8 Å². The molecule has 1 saturated heterocycles. The van der Waals surface area contributed by atoms with Crippen LogP contribution in [-0.4, -0.2) is 37.7 Å². The third kappa shape index (κ3) is 4.19. The number of ether oxygens (including phenoxy) is 1. The van der Waals surface area contributed by atoms with Gasteiger partial charge in [-0.25, -0.2) is 0 Å². The summed E-state index contributed by atoms with van der Waals surface area (Å²) in [7, 11) is 0. The smallest absolute Gasteiger partial charge is 0.417 e. The molecule has 1 aromatic carbocycles. The Balaban J connectivity index is 1.63. The molecule has 24 heavy (non-hydrogen) atoms. The summed E-state index contributed by atoms with van der Waals surface area (Å²) in [6.45, 7) is 4.33. The van der Waals surface area contributed by atoms with Gasteiger partial charge in [0.15, 0.2) is 0 Å². The summed E-state index contributed by atoms with van der Waals surface area (Å²) in [5.41, 5.74) is -0.580. The number of benzene rings is 1. The third-order valence-corrected chi connectivity index (χ3v) is 4.16. The number of alkyl halides is 3. The normalized spacial score (nSPS) is 16.5. The summed E-state index contributed by atoms with van der Waals surface area (Å²) in [6, 6.07) is 8.88. The number of hydrogen-bond acceptors (Lipinski definition) is 3. The zero-order valence-corrected chi connectivity index (χ0v) is 13.3. The molecule has 1 fully saturated rings. The molecule has 1 aliphatic heterocycles. The number of furan rings is 1. The number of halogens is 3. The molecule has 0 amide bonds. The van der Waals surface area contributed by atoms with E-state index in [1.807, 2.05) is 0 Å². The van der Waals surface area contributed by atoms with Gasteiger partial charge in [-0.15, -0.1) is 0 Å². The molecule has 0 bridgehead atoms. The van der Waals surface area contributed by atoms with Crippen molar-refractivity contribution in [1.29, 1.82) is 0 Å². The molecule has 0 aliphatic carbocycles. The quantitative estimate of drug-likeness (QED) is 0.815. The van der Waals surface area contributed by atoms with Crippen molar-refractivity contribution in [3.8, 4) is 11.3 Å². The van der Waals surface area contributed by atoms with Gasteiger partial charge >= 0.3 is 6.18 Å². The molecule has 0 unspecified atom stereocenters. The van der Waals surface area contributed by atoms with E-state index in [0.29, 0.717) is 6.42 Å². The predicted molar refractivity (Wildman–Crippen MR) is 84.7 cm³/mol. The highest BCUT2D eigenvalue weighted by atomic mass is 19.4. The van der Waals surface area contributed by atoms with Crippen molar-refractivity contribution < 1.29 is 22.3 Å². The molecular formula is C18H20F3NO2. The fourth-order valence-electron chi connectivity index (χ4n) is 2.90.